The Balaban J connectivity index is 1.77. The topological polar surface area (TPSA) is 63.7 Å². The second-order valence-electron chi connectivity index (χ2n) is 7.02. The first-order valence-corrected chi connectivity index (χ1v) is 10.6. The summed E-state index contributed by atoms with van der Waals surface area (Å²) in [4.78, 5) is 20.4. The van der Waals surface area contributed by atoms with Gasteiger partial charge in [0.2, 0.25) is 0 Å². The summed E-state index contributed by atoms with van der Waals surface area (Å²) in [6.07, 6.45) is 3.64. The highest BCUT2D eigenvalue weighted by atomic mass is 32.1. The number of nitrogens with zero attached hydrogens (tertiary/aromatic N) is 2. The Bertz CT molecular complexity index is 787. The third-order valence-electron chi connectivity index (χ3n) is 5.10. The number of aryl methyl sites for hydroxylation is 1. The number of hydrogen-bond acceptors (Lipinski definition) is 6. The molecule has 1 aliphatic heterocycles. The Kier molecular flexibility index (Phi) is 7.42. The van der Waals surface area contributed by atoms with Gasteiger partial charge >= 0.3 is 0 Å². The average molecular weight is 404 g/mol. The molecule has 1 N–H and O–H groups in total. The number of nitrogens with one attached hydrogen (secondary N) is 1. The van der Waals surface area contributed by atoms with Gasteiger partial charge in [-0.1, -0.05) is 24.6 Å². The Labute approximate surface area is 170 Å². The predicted molar refractivity (Wildman–Crippen MR) is 111 cm³/mol. The number of thiazole rings is 1. The van der Waals surface area contributed by atoms with Crippen LogP contribution in [-0.2, 0) is 11.3 Å². The number of ether oxygens (including phenoxy) is 2. The molecule has 2 aromatic rings. The zero-order valence-corrected chi connectivity index (χ0v) is 17.7. The van der Waals surface area contributed by atoms with Crippen molar-refractivity contribution in [1.29, 1.82) is 0 Å². The molecule has 1 amide bonds. The van der Waals surface area contributed by atoms with Gasteiger partial charge < -0.3 is 14.8 Å². The van der Waals surface area contributed by atoms with Gasteiger partial charge in [0, 0.05) is 19.2 Å². The van der Waals surface area contributed by atoms with Crippen LogP contribution < -0.4 is 10.1 Å². The molecule has 0 aliphatic carbocycles. The van der Waals surface area contributed by atoms with Crippen LogP contribution in [-0.4, -0.2) is 49.6 Å². The van der Waals surface area contributed by atoms with Crippen molar-refractivity contribution in [2.24, 2.45) is 0 Å². The highest BCUT2D eigenvalue weighted by Crippen LogP contribution is 2.31. The van der Waals surface area contributed by atoms with Crippen LogP contribution in [0, 0.1) is 6.92 Å². The number of hydrogen-bond donors (Lipinski definition) is 1. The second-order valence-corrected chi connectivity index (χ2v) is 8.10. The van der Waals surface area contributed by atoms with Crippen molar-refractivity contribution in [1.82, 2.24) is 15.2 Å². The molecule has 3 rings (SSSR count). The number of methoxy groups -OCH3 is 2. The maximum absolute atomic E-state index is 12.8. The van der Waals surface area contributed by atoms with Gasteiger partial charge in [-0.2, -0.15) is 0 Å². The summed E-state index contributed by atoms with van der Waals surface area (Å²) >= 11 is 1.40. The van der Waals surface area contributed by atoms with Crippen molar-refractivity contribution in [3.8, 4) is 5.75 Å². The summed E-state index contributed by atoms with van der Waals surface area (Å²) in [7, 11) is 3.33. The standard InChI is InChI=1S/C21H29N3O3S/c1-15-20(28-19(23-15)14-26-2)21(25)22-13-17(24-11-7-4-8-12-24)16-9-5-6-10-18(16)27-3/h5-6,9-10,17H,4,7-8,11-14H2,1-3H3,(H,22,25)/t17-/m0/s1. The van der Waals surface area contributed by atoms with Gasteiger partial charge in [0.15, 0.2) is 0 Å². The van der Waals surface area contributed by atoms with Gasteiger partial charge in [0.05, 0.1) is 25.5 Å². The lowest BCUT2D eigenvalue weighted by Gasteiger charge is -2.35. The average Bonchev–Trinajstić information content (AvgIpc) is 3.09. The monoisotopic (exact) mass is 403 g/mol. The lowest BCUT2D eigenvalue weighted by atomic mass is 10.0. The SMILES string of the molecule is COCc1nc(C)c(C(=O)NC[C@@H](c2ccccc2OC)N2CCCCC2)s1. The first-order chi connectivity index (χ1) is 13.6. The van der Waals surface area contributed by atoms with E-state index >= 15 is 0 Å². The van der Waals surface area contributed by atoms with E-state index in [-0.39, 0.29) is 11.9 Å². The first kappa shape index (κ1) is 20.8. The molecule has 1 aliphatic rings. The summed E-state index contributed by atoms with van der Waals surface area (Å²) in [5.41, 5.74) is 1.87. The lowest BCUT2D eigenvalue weighted by molar-refractivity contribution is 0.0926. The molecule has 2 heterocycles. The number of benzene rings is 1. The number of aromatic nitrogens is 1. The molecule has 152 valence electrons. The van der Waals surface area contributed by atoms with Crippen molar-refractivity contribution in [2.45, 2.75) is 38.8 Å². The van der Waals surface area contributed by atoms with E-state index in [1.54, 1.807) is 14.2 Å². The number of likely N-dealkylation sites (tertiary alicyclic amines) is 1. The van der Waals surface area contributed by atoms with E-state index < -0.39 is 0 Å². The van der Waals surface area contributed by atoms with Gasteiger partial charge in [-0.15, -0.1) is 11.3 Å². The molecular formula is C21H29N3O3S. The number of rotatable bonds is 8. The fourth-order valence-corrected chi connectivity index (χ4v) is 4.68. The summed E-state index contributed by atoms with van der Waals surface area (Å²) < 4.78 is 10.7. The van der Waals surface area contributed by atoms with E-state index in [2.05, 4.69) is 21.3 Å². The summed E-state index contributed by atoms with van der Waals surface area (Å²) in [6.45, 7) is 4.91. The Morgan fingerprint density at radius 2 is 2.00 bits per heavy atom. The predicted octanol–water partition coefficient (Wildman–Crippen LogP) is 3.56. The number of carbonyl (C=O) groups excluding carboxylic acids is 1. The smallest absolute Gasteiger partial charge is 0.263 e. The summed E-state index contributed by atoms with van der Waals surface area (Å²) in [5.74, 6) is 0.790. The quantitative estimate of drug-likeness (QED) is 0.730. The first-order valence-electron chi connectivity index (χ1n) is 9.74. The van der Waals surface area contributed by atoms with E-state index in [1.807, 2.05) is 25.1 Å². The number of piperidine rings is 1. The van der Waals surface area contributed by atoms with Crippen LogP contribution in [0.15, 0.2) is 24.3 Å². The maximum atomic E-state index is 12.8. The molecule has 1 aromatic heterocycles. The molecule has 0 bridgehead atoms. The van der Waals surface area contributed by atoms with Crippen LogP contribution in [0.5, 0.6) is 5.75 Å². The molecule has 1 saturated heterocycles. The summed E-state index contributed by atoms with van der Waals surface area (Å²) in [5, 5.41) is 3.96. The lowest BCUT2D eigenvalue weighted by Crippen LogP contribution is -2.40. The highest BCUT2D eigenvalue weighted by Gasteiger charge is 2.26. The third-order valence-corrected chi connectivity index (χ3v) is 6.23. The molecule has 7 heteroatoms. The van der Waals surface area contributed by atoms with Crippen molar-refractivity contribution in [2.75, 3.05) is 33.9 Å². The van der Waals surface area contributed by atoms with Crippen LogP contribution in [0.25, 0.3) is 0 Å². The second kappa shape index (κ2) is 10.0. The van der Waals surface area contributed by atoms with Crippen LogP contribution in [0.3, 0.4) is 0 Å². The Hall–Kier alpha value is -1.96. The fraction of sp³-hybridized carbons (Fsp3) is 0.524. The molecule has 0 radical (unpaired) electrons. The van der Waals surface area contributed by atoms with Crippen LogP contribution in [0.1, 0.15) is 51.2 Å². The molecule has 0 spiro atoms. The van der Waals surface area contributed by atoms with E-state index in [9.17, 15) is 4.79 Å². The minimum atomic E-state index is -0.0748. The molecule has 6 nitrogen and oxygen atoms in total. The number of carbonyl (C=O) groups is 1. The fourth-order valence-electron chi connectivity index (χ4n) is 3.73. The molecule has 0 saturated carbocycles. The van der Waals surface area contributed by atoms with Crippen molar-refractivity contribution in [3.63, 3.8) is 0 Å². The van der Waals surface area contributed by atoms with Crippen molar-refractivity contribution in [3.05, 3.63) is 45.4 Å². The van der Waals surface area contributed by atoms with Gasteiger partial charge in [-0.25, -0.2) is 4.98 Å². The van der Waals surface area contributed by atoms with E-state index in [1.165, 1.54) is 30.6 Å². The molecule has 1 aromatic carbocycles. The minimum absolute atomic E-state index is 0.0748. The van der Waals surface area contributed by atoms with Gasteiger partial charge in [0.25, 0.3) is 5.91 Å². The molecular weight excluding hydrogens is 374 g/mol. The number of amides is 1. The largest absolute Gasteiger partial charge is 0.496 e. The maximum Gasteiger partial charge on any atom is 0.263 e. The zero-order valence-electron chi connectivity index (χ0n) is 16.9. The molecule has 1 atom stereocenters. The van der Waals surface area contributed by atoms with Crippen LogP contribution in [0.4, 0.5) is 0 Å². The van der Waals surface area contributed by atoms with Crippen molar-refractivity contribution >= 4 is 17.2 Å². The van der Waals surface area contributed by atoms with Gasteiger partial charge in [0.1, 0.15) is 15.6 Å². The normalized spacial score (nSPS) is 16.0. The van der Waals surface area contributed by atoms with E-state index in [0.717, 1.165) is 35.1 Å². The van der Waals surface area contributed by atoms with E-state index in [4.69, 9.17) is 9.47 Å². The Morgan fingerprint density at radius 1 is 1.25 bits per heavy atom. The van der Waals surface area contributed by atoms with Gasteiger partial charge in [-0.05, 0) is 38.9 Å². The molecule has 0 unspecified atom stereocenters. The highest BCUT2D eigenvalue weighted by molar-refractivity contribution is 7.13. The zero-order chi connectivity index (χ0) is 19.9. The van der Waals surface area contributed by atoms with Gasteiger partial charge in [-0.3, -0.25) is 9.69 Å². The van der Waals surface area contributed by atoms with E-state index in [0.29, 0.717) is 18.0 Å². The minimum Gasteiger partial charge on any atom is -0.496 e. The Morgan fingerprint density at radius 3 is 2.71 bits per heavy atom. The molecule has 28 heavy (non-hydrogen) atoms. The molecule has 1 fully saturated rings. The van der Waals surface area contributed by atoms with Crippen LogP contribution in [0.2, 0.25) is 0 Å². The third kappa shape index (κ3) is 4.90. The van der Waals surface area contributed by atoms with Crippen molar-refractivity contribution < 1.29 is 14.3 Å². The summed E-state index contributed by atoms with van der Waals surface area (Å²) in [6, 6.07) is 8.18. The number of para-hydroxylation sites is 1. The van der Waals surface area contributed by atoms with Crippen LogP contribution >= 0.6 is 11.3 Å².